The van der Waals surface area contributed by atoms with Crippen LogP contribution in [0.5, 0.6) is 0 Å². The molecule has 29 heavy (non-hydrogen) atoms. The van der Waals surface area contributed by atoms with E-state index in [1.807, 2.05) is 41.8 Å². The highest BCUT2D eigenvalue weighted by Gasteiger charge is 2.17. The summed E-state index contributed by atoms with van der Waals surface area (Å²) < 4.78 is 3.53. The molecule has 0 aliphatic carbocycles. The number of nitrogens with one attached hydrogen (secondary N) is 1. The number of rotatable bonds is 7. The van der Waals surface area contributed by atoms with Crippen molar-refractivity contribution in [2.45, 2.75) is 18.6 Å². The van der Waals surface area contributed by atoms with Crippen LogP contribution >= 0.6 is 55.2 Å². The Balaban J connectivity index is 1.76. The minimum Gasteiger partial charge on any atom is -0.323 e. The van der Waals surface area contributed by atoms with E-state index in [9.17, 15) is 4.79 Å². The Morgan fingerprint density at radius 3 is 2.62 bits per heavy atom. The van der Waals surface area contributed by atoms with Crippen LogP contribution in [0.25, 0.3) is 11.4 Å². The molecule has 0 radical (unpaired) electrons. The van der Waals surface area contributed by atoms with Gasteiger partial charge >= 0.3 is 0 Å². The molecular formula is C20H17Br2ClN4OS. The van der Waals surface area contributed by atoms with Crippen LogP contribution in [-0.2, 0) is 11.3 Å². The first-order valence-corrected chi connectivity index (χ1v) is 11.5. The number of hydrogen-bond donors (Lipinski definition) is 1. The number of carbonyl (C=O) groups is 1. The van der Waals surface area contributed by atoms with Crippen molar-refractivity contribution in [1.29, 1.82) is 0 Å². The van der Waals surface area contributed by atoms with Gasteiger partial charge in [0.2, 0.25) is 5.91 Å². The van der Waals surface area contributed by atoms with Crippen molar-refractivity contribution in [2.24, 2.45) is 0 Å². The molecule has 0 aliphatic rings. The highest BCUT2D eigenvalue weighted by Crippen LogP contribution is 2.33. The normalized spacial score (nSPS) is 10.8. The minimum absolute atomic E-state index is 0.146. The van der Waals surface area contributed by atoms with E-state index in [4.69, 9.17) is 11.6 Å². The number of benzene rings is 2. The SMILES string of the molecule is C=CCn1c(SCC(=O)Nc2c(Br)cc(C)cc2Br)nnc1-c1ccccc1Cl. The number of anilines is 1. The first kappa shape index (κ1) is 22.1. The Morgan fingerprint density at radius 2 is 1.97 bits per heavy atom. The molecule has 3 rings (SSSR count). The quantitative estimate of drug-likeness (QED) is 0.272. The van der Waals surface area contributed by atoms with Crippen molar-refractivity contribution in [1.82, 2.24) is 14.8 Å². The maximum Gasteiger partial charge on any atom is 0.234 e. The Bertz CT molecular complexity index is 1050. The Morgan fingerprint density at radius 1 is 1.28 bits per heavy atom. The molecule has 1 amide bonds. The molecule has 1 N–H and O–H groups in total. The lowest BCUT2D eigenvalue weighted by molar-refractivity contribution is -0.113. The third-order valence-electron chi connectivity index (χ3n) is 3.93. The maximum absolute atomic E-state index is 12.5. The van der Waals surface area contributed by atoms with Crippen molar-refractivity contribution in [2.75, 3.05) is 11.1 Å². The number of aromatic nitrogens is 3. The molecule has 9 heteroatoms. The van der Waals surface area contributed by atoms with Gasteiger partial charge in [0.1, 0.15) is 0 Å². The third-order valence-corrected chi connectivity index (χ3v) is 6.47. The number of halogens is 3. The molecule has 0 spiro atoms. The van der Waals surface area contributed by atoms with Crippen molar-refractivity contribution in [3.63, 3.8) is 0 Å². The molecule has 0 unspecified atom stereocenters. The molecule has 150 valence electrons. The largest absolute Gasteiger partial charge is 0.323 e. The second-order valence-corrected chi connectivity index (χ2v) is 9.18. The van der Waals surface area contributed by atoms with E-state index in [1.165, 1.54) is 11.8 Å². The van der Waals surface area contributed by atoms with Gasteiger partial charge in [-0.25, -0.2) is 0 Å². The lowest BCUT2D eigenvalue weighted by Crippen LogP contribution is -2.15. The van der Waals surface area contributed by atoms with Gasteiger partial charge in [-0.15, -0.1) is 16.8 Å². The molecular weight excluding hydrogens is 540 g/mol. The van der Waals surface area contributed by atoms with Gasteiger partial charge in [0.25, 0.3) is 0 Å². The highest BCUT2D eigenvalue weighted by atomic mass is 79.9. The van der Waals surface area contributed by atoms with Gasteiger partial charge in [0.05, 0.1) is 16.5 Å². The summed E-state index contributed by atoms with van der Waals surface area (Å²) in [5.41, 5.74) is 2.57. The lowest BCUT2D eigenvalue weighted by atomic mass is 10.2. The van der Waals surface area contributed by atoms with E-state index in [0.717, 1.165) is 20.1 Å². The van der Waals surface area contributed by atoms with Crippen LogP contribution in [-0.4, -0.2) is 26.4 Å². The van der Waals surface area contributed by atoms with E-state index in [0.29, 0.717) is 28.2 Å². The molecule has 5 nitrogen and oxygen atoms in total. The van der Waals surface area contributed by atoms with Gasteiger partial charge in [-0.3, -0.25) is 9.36 Å². The van der Waals surface area contributed by atoms with E-state index < -0.39 is 0 Å². The average molecular weight is 557 g/mol. The van der Waals surface area contributed by atoms with Crippen LogP contribution in [0, 0.1) is 6.92 Å². The van der Waals surface area contributed by atoms with Crippen LogP contribution in [0.1, 0.15) is 5.56 Å². The number of thioether (sulfide) groups is 1. The summed E-state index contributed by atoms with van der Waals surface area (Å²) in [4.78, 5) is 12.5. The summed E-state index contributed by atoms with van der Waals surface area (Å²) >= 11 is 14.6. The Kier molecular flexibility index (Phi) is 7.56. The third kappa shape index (κ3) is 5.31. The summed E-state index contributed by atoms with van der Waals surface area (Å²) in [5, 5.41) is 12.7. The standard InChI is InChI=1S/C20H17Br2ClN4OS/c1-3-8-27-19(13-6-4-5-7-16(13)23)25-26-20(27)29-11-17(28)24-18-14(21)9-12(2)10-15(18)22/h3-7,9-10H,1,8,11H2,2H3,(H,24,28). The second kappa shape index (κ2) is 9.93. The van der Waals surface area contributed by atoms with Gasteiger partial charge in [0.15, 0.2) is 11.0 Å². The smallest absolute Gasteiger partial charge is 0.234 e. The van der Waals surface area contributed by atoms with Crippen LogP contribution in [0.4, 0.5) is 5.69 Å². The van der Waals surface area contributed by atoms with Crippen molar-refractivity contribution >= 4 is 66.8 Å². The number of carbonyl (C=O) groups excluding carboxylic acids is 1. The van der Waals surface area contributed by atoms with Crippen LogP contribution in [0.15, 0.2) is 63.2 Å². The Labute approximate surface area is 195 Å². The summed E-state index contributed by atoms with van der Waals surface area (Å²) in [6.07, 6.45) is 1.76. The molecule has 0 aliphatic heterocycles. The van der Waals surface area contributed by atoms with Crippen LogP contribution < -0.4 is 5.32 Å². The molecule has 1 heterocycles. The van der Waals surface area contributed by atoms with Crippen molar-refractivity contribution in [3.8, 4) is 11.4 Å². The first-order chi connectivity index (χ1) is 13.9. The number of aryl methyl sites for hydroxylation is 1. The van der Waals surface area contributed by atoms with E-state index >= 15 is 0 Å². The lowest BCUT2D eigenvalue weighted by Gasteiger charge is -2.11. The summed E-state index contributed by atoms with van der Waals surface area (Å²) in [7, 11) is 0. The van der Waals surface area contributed by atoms with E-state index in [1.54, 1.807) is 12.1 Å². The molecule has 1 aromatic heterocycles. The van der Waals surface area contributed by atoms with Crippen LogP contribution in [0.3, 0.4) is 0 Å². The zero-order valence-electron chi connectivity index (χ0n) is 15.5. The predicted octanol–water partition coefficient (Wildman–Crippen LogP) is 6.35. The van der Waals surface area contributed by atoms with Gasteiger partial charge in [0, 0.05) is 21.1 Å². The van der Waals surface area contributed by atoms with Crippen molar-refractivity contribution in [3.05, 3.63) is 68.6 Å². The molecule has 0 saturated carbocycles. The number of allylic oxidation sites excluding steroid dienone is 1. The summed E-state index contributed by atoms with van der Waals surface area (Å²) in [5.74, 6) is 0.681. The number of nitrogens with zero attached hydrogens (tertiary/aromatic N) is 3. The van der Waals surface area contributed by atoms with E-state index in [-0.39, 0.29) is 11.7 Å². The molecule has 0 bridgehead atoms. The van der Waals surface area contributed by atoms with Gasteiger partial charge in [-0.1, -0.05) is 41.6 Å². The number of amides is 1. The summed E-state index contributed by atoms with van der Waals surface area (Å²) in [6, 6.07) is 11.3. The van der Waals surface area contributed by atoms with Crippen LogP contribution in [0.2, 0.25) is 5.02 Å². The topological polar surface area (TPSA) is 59.8 Å². The monoisotopic (exact) mass is 554 g/mol. The molecule has 0 saturated heterocycles. The fraction of sp³-hybridized carbons (Fsp3) is 0.150. The Hall–Kier alpha value is -1.61. The fourth-order valence-corrected chi connectivity index (χ4v) is 5.24. The molecule has 0 fully saturated rings. The first-order valence-electron chi connectivity index (χ1n) is 8.58. The van der Waals surface area contributed by atoms with Gasteiger partial charge in [-0.2, -0.15) is 0 Å². The summed E-state index contributed by atoms with van der Waals surface area (Å²) in [6.45, 7) is 6.30. The van der Waals surface area contributed by atoms with Gasteiger partial charge in [-0.05, 0) is 68.6 Å². The molecule has 0 atom stereocenters. The number of hydrogen-bond acceptors (Lipinski definition) is 4. The highest BCUT2D eigenvalue weighted by molar-refractivity contribution is 9.11. The average Bonchev–Trinajstić information content (AvgIpc) is 3.06. The van der Waals surface area contributed by atoms with Gasteiger partial charge < -0.3 is 5.32 Å². The zero-order chi connectivity index (χ0) is 21.0. The fourth-order valence-electron chi connectivity index (χ4n) is 2.66. The second-order valence-electron chi connectivity index (χ2n) is 6.13. The zero-order valence-corrected chi connectivity index (χ0v) is 20.2. The maximum atomic E-state index is 12.5. The van der Waals surface area contributed by atoms with Crippen molar-refractivity contribution < 1.29 is 4.79 Å². The minimum atomic E-state index is -0.146. The molecule has 3 aromatic rings. The molecule has 2 aromatic carbocycles. The predicted molar refractivity (Wildman–Crippen MR) is 127 cm³/mol. The van der Waals surface area contributed by atoms with E-state index in [2.05, 4.69) is 54.0 Å².